The van der Waals surface area contributed by atoms with Gasteiger partial charge in [-0.1, -0.05) is 17.7 Å². The van der Waals surface area contributed by atoms with Crippen LogP contribution >= 0.6 is 0 Å². The van der Waals surface area contributed by atoms with Gasteiger partial charge in [-0.05, 0) is 25.1 Å². The van der Waals surface area contributed by atoms with E-state index in [4.69, 9.17) is 4.74 Å². The molecule has 0 bridgehead atoms. The lowest BCUT2D eigenvalue weighted by Gasteiger charge is -2.08. The Labute approximate surface area is 99.0 Å². The summed E-state index contributed by atoms with van der Waals surface area (Å²) in [7, 11) is 0. The van der Waals surface area contributed by atoms with E-state index in [1.165, 1.54) is 17.7 Å². The fourth-order valence-electron chi connectivity index (χ4n) is 1.98. The first kappa shape index (κ1) is 10.1. The molecule has 2 aromatic carbocycles. The normalized spacial score (nSPS) is 12.8. The Bertz CT molecular complexity index is 529. The minimum Gasteiger partial charge on any atom is -0.455 e. The van der Waals surface area contributed by atoms with Gasteiger partial charge in [-0.3, -0.25) is 0 Å². The minimum absolute atomic E-state index is 0.262. The number of fused-ring (bicyclic) bond motifs is 2. The zero-order valence-electron chi connectivity index (χ0n) is 9.46. The van der Waals surface area contributed by atoms with Gasteiger partial charge in [0, 0.05) is 18.2 Å². The predicted molar refractivity (Wildman–Crippen MR) is 65.0 cm³/mol. The summed E-state index contributed by atoms with van der Waals surface area (Å²) in [5.41, 5.74) is 2.96. The van der Waals surface area contributed by atoms with Gasteiger partial charge >= 0.3 is 0 Å². The van der Waals surface area contributed by atoms with E-state index in [2.05, 4.69) is 11.4 Å². The van der Waals surface area contributed by atoms with Gasteiger partial charge in [0.1, 0.15) is 11.6 Å². The van der Waals surface area contributed by atoms with Crippen molar-refractivity contribution < 1.29 is 9.13 Å². The SMILES string of the molecule is Cc1ccc2c(c1)CNc1cc(F)ccc1O2. The number of halogens is 1. The Morgan fingerprint density at radius 2 is 1.94 bits per heavy atom. The molecule has 0 saturated heterocycles. The molecule has 1 N–H and O–H groups in total. The van der Waals surface area contributed by atoms with Gasteiger partial charge in [0.05, 0.1) is 5.69 Å². The van der Waals surface area contributed by atoms with E-state index in [0.29, 0.717) is 18.0 Å². The number of hydrogen-bond donors (Lipinski definition) is 1. The molecule has 0 fully saturated rings. The van der Waals surface area contributed by atoms with E-state index in [1.807, 2.05) is 19.1 Å². The first-order valence-corrected chi connectivity index (χ1v) is 5.53. The molecule has 1 aliphatic heterocycles. The summed E-state index contributed by atoms with van der Waals surface area (Å²) >= 11 is 0. The minimum atomic E-state index is -0.262. The molecule has 0 aliphatic carbocycles. The van der Waals surface area contributed by atoms with E-state index < -0.39 is 0 Å². The molecular formula is C14H12FNO. The molecule has 2 aromatic rings. The van der Waals surface area contributed by atoms with Gasteiger partial charge in [0.2, 0.25) is 0 Å². The van der Waals surface area contributed by atoms with Crippen molar-refractivity contribution in [3.63, 3.8) is 0 Å². The van der Waals surface area contributed by atoms with Crippen molar-refractivity contribution in [2.75, 3.05) is 5.32 Å². The van der Waals surface area contributed by atoms with Gasteiger partial charge < -0.3 is 10.1 Å². The van der Waals surface area contributed by atoms with Crippen LogP contribution in [0.4, 0.5) is 10.1 Å². The highest BCUT2D eigenvalue weighted by atomic mass is 19.1. The number of rotatable bonds is 0. The van der Waals surface area contributed by atoms with Crippen molar-refractivity contribution in [2.45, 2.75) is 13.5 Å². The Morgan fingerprint density at radius 1 is 1.12 bits per heavy atom. The lowest BCUT2D eigenvalue weighted by molar-refractivity contribution is 0.482. The highest BCUT2D eigenvalue weighted by molar-refractivity contribution is 5.60. The second-order valence-electron chi connectivity index (χ2n) is 4.21. The largest absolute Gasteiger partial charge is 0.455 e. The Hall–Kier alpha value is -2.03. The first-order valence-electron chi connectivity index (χ1n) is 5.53. The molecule has 3 rings (SSSR count). The standard InChI is InChI=1S/C14H12FNO/c1-9-2-4-13-10(6-9)8-16-12-7-11(15)3-5-14(12)17-13/h2-7,16H,8H2,1H3. The summed E-state index contributed by atoms with van der Waals surface area (Å²) in [5.74, 6) is 1.23. The smallest absolute Gasteiger partial charge is 0.150 e. The predicted octanol–water partition coefficient (Wildman–Crippen LogP) is 3.85. The molecular weight excluding hydrogens is 217 g/mol. The van der Waals surface area contributed by atoms with Crippen molar-refractivity contribution in [3.05, 3.63) is 53.3 Å². The average Bonchev–Trinajstić information content (AvgIpc) is 2.48. The van der Waals surface area contributed by atoms with Gasteiger partial charge in [-0.15, -0.1) is 0 Å². The van der Waals surface area contributed by atoms with Gasteiger partial charge in [0.25, 0.3) is 0 Å². The fraction of sp³-hybridized carbons (Fsp3) is 0.143. The van der Waals surface area contributed by atoms with E-state index in [9.17, 15) is 4.39 Å². The summed E-state index contributed by atoms with van der Waals surface area (Å²) in [6.45, 7) is 2.69. The number of anilines is 1. The Morgan fingerprint density at radius 3 is 2.82 bits per heavy atom. The molecule has 0 atom stereocenters. The molecule has 0 radical (unpaired) electrons. The van der Waals surface area contributed by atoms with Crippen LogP contribution in [0.3, 0.4) is 0 Å². The van der Waals surface area contributed by atoms with Crippen molar-refractivity contribution >= 4 is 5.69 Å². The van der Waals surface area contributed by atoms with E-state index in [1.54, 1.807) is 6.07 Å². The number of nitrogens with one attached hydrogen (secondary N) is 1. The topological polar surface area (TPSA) is 21.3 Å². The third kappa shape index (κ3) is 1.84. The van der Waals surface area contributed by atoms with Crippen molar-refractivity contribution in [3.8, 4) is 11.5 Å². The summed E-state index contributed by atoms with van der Waals surface area (Å²) in [6, 6.07) is 10.5. The van der Waals surface area contributed by atoms with Crippen LogP contribution in [0.5, 0.6) is 11.5 Å². The summed E-state index contributed by atoms with van der Waals surface area (Å²) in [6.07, 6.45) is 0. The highest BCUT2D eigenvalue weighted by Gasteiger charge is 2.14. The summed E-state index contributed by atoms with van der Waals surface area (Å²) in [5, 5.41) is 3.18. The zero-order valence-corrected chi connectivity index (χ0v) is 9.46. The third-order valence-corrected chi connectivity index (χ3v) is 2.85. The van der Waals surface area contributed by atoms with Crippen LogP contribution in [0.1, 0.15) is 11.1 Å². The number of benzene rings is 2. The lowest BCUT2D eigenvalue weighted by atomic mass is 10.1. The second-order valence-corrected chi connectivity index (χ2v) is 4.21. The Kier molecular flexibility index (Phi) is 2.25. The molecule has 0 aromatic heterocycles. The van der Waals surface area contributed by atoms with Crippen LogP contribution in [0.15, 0.2) is 36.4 Å². The van der Waals surface area contributed by atoms with Gasteiger partial charge in [-0.2, -0.15) is 0 Å². The molecule has 2 nitrogen and oxygen atoms in total. The van der Waals surface area contributed by atoms with Crippen LogP contribution in [-0.2, 0) is 6.54 Å². The summed E-state index contributed by atoms with van der Waals surface area (Å²) in [4.78, 5) is 0. The van der Waals surface area contributed by atoms with Crippen LogP contribution in [0.25, 0.3) is 0 Å². The molecule has 86 valence electrons. The zero-order chi connectivity index (χ0) is 11.8. The molecule has 1 aliphatic rings. The second kappa shape index (κ2) is 3.77. The van der Waals surface area contributed by atoms with Crippen LogP contribution in [-0.4, -0.2) is 0 Å². The number of hydrogen-bond acceptors (Lipinski definition) is 2. The molecule has 0 saturated carbocycles. The van der Waals surface area contributed by atoms with Crippen LogP contribution in [0, 0.1) is 12.7 Å². The molecule has 1 heterocycles. The lowest BCUT2D eigenvalue weighted by Crippen LogP contribution is -1.97. The average molecular weight is 229 g/mol. The van der Waals surface area contributed by atoms with Gasteiger partial charge in [0.15, 0.2) is 5.75 Å². The molecule has 0 spiro atoms. The van der Waals surface area contributed by atoms with E-state index >= 15 is 0 Å². The molecule has 3 heteroatoms. The van der Waals surface area contributed by atoms with Crippen molar-refractivity contribution in [1.29, 1.82) is 0 Å². The number of ether oxygens (including phenoxy) is 1. The van der Waals surface area contributed by atoms with Crippen LogP contribution in [0.2, 0.25) is 0 Å². The van der Waals surface area contributed by atoms with Gasteiger partial charge in [-0.25, -0.2) is 4.39 Å². The maximum Gasteiger partial charge on any atom is 0.150 e. The first-order chi connectivity index (χ1) is 8.22. The Balaban J connectivity index is 2.07. The highest BCUT2D eigenvalue weighted by Crippen LogP contribution is 2.36. The van der Waals surface area contributed by atoms with Crippen LogP contribution < -0.4 is 10.1 Å². The van der Waals surface area contributed by atoms with E-state index in [-0.39, 0.29) is 5.82 Å². The monoisotopic (exact) mass is 229 g/mol. The van der Waals surface area contributed by atoms with E-state index in [0.717, 1.165) is 11.3 Å². The quantitative estimate of drug-likeness (QED) is 0.740. The number of aryl methyl sites for hydroxylation is 1. The maximum atomic E-state index is 13.1. The maximum absolute atomic E-state index is 13.1. The summed E-state index contributed by atoms with van der Waals surface area (Å²) < 4.78 is 18.9. The van der Waals surface area contributed by atoms with Crippen molar-refractivity contribution in [1.82, 2.24) is 0 Å². The molecule has 0 unspecified atom stereocenters. The van der Waals surface area contributed by atoms with Crippen molar-refractivity contribution in [2.24, 2.45) is 0 Å². The third-order valence-electron chi connectivity index (χ3n) is 2.85. The molecule has 17 heavy (non-hydrogen) atoms. The molecule has 0 amide bonds. The fourth-order valence-corrected chi connectivity index (χ4v) is 1.98.